The monoisotopic (exact) mass is 581 g/mol. The Morgan fingerprint density at radius 1 is 1.05 bits per heavy atom. The highest BCUT2D eigenvalue weighted by Crippen LogP contribution is 2.42. The maximum absolute atomic E-state index is 14.4. The fourth-order valence-electron chi connectivity index (χ4n) is 4.43. The van der Waals surface area contributed by atoms with E-state index in [4.69, 9.17) is 14.6 Å². The lowest BCUT2D eigenvalue weighted by Gasteiger charge is -2.21. The molecule has 0 spiro atoms. The number of unbranched alkanes of at least 4 members (excludes halogenated alkanes) is 9. The Balaban J connectivity index is 1.52. The number of alkyl halides is 2. The van der Waals surface area contributed by atoms with Crippen molar-refractivity contribution < 1.29 is 38.1 Å². The van der Waals surface area contributed by atoms with Crippen LogP contribution >= 0.6 is 0 Å². The van der Waals surface area contributed by atoms with E-state index in [2.05, 4.69) is 27.2 Å². The first-order chi connectivity index (χ1) is 19.7. The quantitative estimate of drug-likeness (QED) is 0.198. The Hall–Kier alpha value is -3.36. The first kappa shape index (κ1) is 32.2. The molecule has 0 aromatic carbocycles. The van der Waals surface area contributed by atoms with Crippen molar-refractivity contribution >= 4 is 17.7 Å². The molecule has 3 atom stereocenters. The van der Waals surface area contributed by atoms with Gasteiger partial charge in [0.15, 0.2) is 17.5 Å². The second-order valence-electron chi connectivity index (χ2n) is 9.86. The fraction of sp³-hybridized carbons (Fsp3) is 0.630. The van der Waals surface area contributed by atoms with Gasteiger partial charge < -0.3 is 25.0 Å². The second kappa shape index (κ2) is 15.6. The van der Waals surface area contributed by atoms with E-state index >= 15 is 0 Å². The van der Waals surface area contributed by atoms with Crippen LogP contribution in [0.15, 0.2) is 29.5 Å². The molecule has 2 aromatic heterocycles. The first-order valence-corrected chi connectivity index (χ1v) is 13.9. The van der Waals surface area contributed by atoms with Crippen LogP contribution in [0.3, 0.4) is 0 Å². The van der Waals surface area contributed by atoms with Crippen LogP contribution < -0.4 is 11.0 Å². The van der Waals surface area contributed by atoms with Gasteiger partial charge in [-0.15, -0.1) is 0 Å². The van der Waals surface area contributed by atoms with Crippen molar-refractivity contribution in [2.45, 2.75) is 95.5 Å². The molecular formula is C27H37F2N5O7. The number of amides is 1. The van der Waals surface area contributed by atoms with Gasteiger partial charge in [-0.25, -0.2) is 19.6 Å². The highest BCUT2D eigenvalue weighted by molar-refractivity contribution is 6.08. The predicted octanol–water partition coefficient (Wildman–Crippen LogP) is 3.25. The number of ether oxygens (including phenoxy) is 2. The number of aromatic nitrogens is 4. The van der Waals surface area contributed by atoms with Gasteiger partial charge in [-0.2, -0.15) is 13.8 Å². The van der Waals surface area contributed by atoms with Crippen LogP contribution in [0.5, 0.6) is 0 Å². The molecule has 0 radical (unpaired) electrons. The Morgan fingerprint density at radius 3 is 2.24 bits per heavy atom. The molecule has 0 unspecified atom stereocenters. The lowest BCUT2D eigenvalue weighted by atomic mass is 10.1. The van der Waals surface area contributed by atoms with Gasteiger partial charge in [0.2, 0.25) is 6.23 Å². The molecule has 3 N–H and O–H groups in total. The van der Waals surface area contributed by atoms with Crippen LogP contribution in [0.2, 0.25) is 0 Å². The van der Waals surface area contributed by atoms with Crippen molar-refractivity contribution in [3.05, 3.63) is 46.5 Å². The molecule has 3 rings (SSSR count). The minimum Gasteiger partial charge on any atom is -0.461 e. The SMILES string of the molecule is CCCCCCCCCCCCOC(=O)c1nccnc1C(=O)Nc1ccn([C@@H]2O[C@H](CO)[C@@H](O)C2(F)F)c(=O)n1. The third-order valence-electron chi connectivity index (χ3n) is 6.72. The molecule has 226 valence electrons. The second-order valence-corrected chi connectivity index (χ2v) is 9.86. The number of esters is 1. The summed E-state index contributed by atoms with van der Waals surface area (Å²) in [5.41, 5.74) is -1.91. The average Bonchev–Trinajstić information content (AvgIpc) is 3.19. The number of rotatable bonds is 16. The number of aliphatic hydroxyl groups excluding tert-OH is 2. The van der Waals surface area contributed by atoms with E-state index in [0.717, 1.165) is 31.5 Å². The van der Waals surface area contributed by atoms with Gasteiger partial charge in [-0.05, 0) is 12.5 Å². The van der Waals surface area contributed by atoms with Gasteiger partial charge in [-0.3, -0.25) is 9.36 Å². The van der Waals surface area contributed by atoms with E-state index < -0.39 is 48.5 Å². The van der Waals surface area contributed by atoms with Crippen molar-refractivity contribution in [3.8, 4) is 0 Å². The molecule has 0 bridgehead atoms. The number of anilines is 1. The third kappa shape index (κ3) is 8.57. The number of hydrogen-bond donors (Lipinski definition) is 3. The van der Waals surface area contributed by atoms with Crippen LogP contribution in [0.25, 0.3) is 0 Å². The molecule has 12 nitrogen and oxygen atoms in total. The molecule has 2 aromatic rings. The van der Waals surface area contributed by atoms with E-state index in [1.54, 1.807) is 0 Å². The zero-order valence-electron chi connectivity index (χ0n) is 23.0. The van der Waals surface area contributed by atoms with Gasteiger partial charge in [0.25, 0.3) is 5.91 Å². The lowest BCUT2D eigenvalue weighted by Crippen LogP contribution is -2.41. The van der Waals surface area contributed by atoms with Crippen molar-refractivity contribution in [3.63, 3.8) is 0 Å². The first-order valence-electron chi connectivity index (χ1n) is 13.9. The van der Waals surface area contributed by atoms with Crippen molar-refractivity contribution in [2.24, 2.45) is 0 Å². The van der Waals surface area contributed by atoms with Crippen LogP contribution in [-0.2, 0) is 9.47 Å². The van der Waals surface area contributed by atoms with Gasteiger partial charge in [0.05, 0.1) is 13.2 Å². The number of nitrogens with one attached hydrogen (secondary N) is 1. The molecule has 1 aliphatic rings. The highest BCUT2D eigenvalue weighted by Gasteiger charge is 2.59. The number of aliphatic hydroxyl groups is 2. The highest BCUT2D eigenvalue weighted by atomic mass is 19.3. The number of carbonyl (C=O) groups is 2. The normalized spacial score (nSPS) is 19.7. The zero-order chi connectivity index (χ0) is 29.8. The summed E-state index contributed by atoms with van der Waals surface area (Å²) < 4.78 is 39.4. The predicted molar refractivity (Wildman–Crippen MR) is 143 cm³/mol. The Morgan fingerprint density at radius 2 is 1.66 bits per heavy atom. The summed E-state index contributed by atoms with van der Waals surface area (Å²) in [7, 11) is 0. The minimum atomic E-state index is -3.88. The molecule has 1 fully saturated rings. The molecular weight excluding hydrogens is 544 g/mol. The van der Waals surface area contributed by atoms with Gasteiger partial charge in [-0.1, -0.05) is 64.7 Å². The van der Waals surface area contributed by atoms with Gasteiger partial charge in [0, 0.05) is 18.6 Å². The Labute approximate surface area is 236 Å². The summed E-state index contributed by atoms with van der Waals surface area (Å²) in [6.45, 7) is 1.47. The van der Waals surface area contributed by atoms with Crippen LogP contribution in [0.4, 0.5) is 14.6 Å². The van der Waals surface area contributed by atoms with Crippen molar-refractivity contribution in [1.82, 2.24) is 19.5 Å². The molecule has 41 heavy (non-hydrogen) atoms. The molecule has 1 aliphatic heterocycles. The molecule has 0 aliphatic carbocycles. The summed E-state index contributed by atoms with van der Waals surface area (Å²) in [4.78, 5) is 49.2. The van der Waals surface area contributed by atoms with E-state index in [1.165, 1.54) is 50.9 Å². The fourth-order valence-corrected chi connectivity index (χ4v) is 4.43. The number of halogens is 2. The van der Waals surface area contributed by atoms with Crippen LogP contribution in [0, 0.1) is 0 Å². The maximum atomic E-state index is 14.4. The maximum Gasteiger partial charge on any atom is 0.359 e. The topological polar surface area (TPSA) is 166 Å². The largest absolute Gasteiger partial charge is 0.461 e. The van der Waals surface area contributed by atoms with E-state index in [9.17, 15) is 28.3 Å². The van der Waals surface area contributed by atoms with E-state index in [0.29, 0.717) is 11.0 Å². The standard InChI is InChI=1S/C27H37F2N5O7/c1-2-3-4-5-6-7-8-9-10-11-16-40-24(38)21-20(30-13-14-31-21)23(37)32-19-12-15-34(26(39)33-19)25-27(28,29)22(36)18(17-35)41-25/h12-15,18,22,25,35-36H,2-11,16-17H2,1H3,(H,32,33,37,39)/t18-,22-,25-/m1/s1. The molecule has 14 heteroatoms. The molecule has 0 saturated carbocycles. The van der Waals surface area contributed by atoms with Crippen LogP contribution in [-0.4, -0.2) is 73.0 Å². The van der Waals surface area contributed by atoms with Gasteiger partial charge >= 0.3 is 17.6 Å². The van der Waals surface area contributed by atoms with Crippen molar-refractivity contribution in [2.75, 3.05) is 18.5 Å². The minimum absolute atomic E-state index is 0.159. The Kier molecular flexibility index (Phi) is 12.2. The summed E-state index contributed by atoms with van der Waals surface area (Å²) >= 11 is 0. The van der Waals surface area contributed by atoms with Crippen molar-refractivity contribution in [1.29, 1.82) is 0 Å². The molecule has 1 saturated heterocycles. The Bertz CT molecular complexity index is 1210. The number of nitrogens with zero attached hydrogens (tertiary/aromatic N) is 4. The average molecular weight is 582 g/mol. The summed E-state index contributed by atoms with van der Waals surface area (Å²) in [6, 6.07) is 1.05. The van der Waals surface area contributed by atoms with Crippen LogP contribution in [0.1, 0.15) is 98.3 Å². The van der Waals surface area contributed by atoms with E-state index in [-0.39, 0.29) is 23.8 Å². The lowest BCUT2D eigenvalue weighted by molar-refractivity contribution is -0.140. The van der Waals surface area contributed by atoms with Gasteiger partial charge in [0.1, 0.15) is 11.9 Å². The third-order valence-corrected chi connectivity index (χ3v) is 6.72. The molecule has 3 heterocycles. The zero-order valence-corrected chi connectivity index (χ0v) is 23.0. The number of hydrogen-bond acceptors (Lipinski definition) is 10. The summed E-state index contributed by atoms with van der Waals surface area (Å²) in [5.74, 6) is -5.95. The smallest absolute Gasteiger partial charge is 0.359 e. The summed E-state index contributed by atoms with van der Waals surface area (Å²) in [6.07, 6.45) is 8.43. The van der Waals surface area contributed by atoms with E-state index in [1.807, 2.05) is 0 Å². The molecule has 1 amide bonds. The number of carbonyl (C=O) groups excluding carboxylic acids is 2. The summed E-state index contributed by atoms with van der Waals surface area (Å²) in [5, 5.41) is 21.1.